The molecule has 9 heteroatoms. The largest absolute Gasteiger partial charge is 0.465 e. The summed E-state index contributed by atoms with van der Waals surface area (Å²) in [7, 11) is 1.30. The maximum Gasteiger partial charge on any atom is 0.337 e. The molecule has 7 nitrogen and oxygen atoms in total. The number of esters is 1. The third-order valence-corrected chi connectivity index (χ3v) is 5.55. The number of methoxy groups -OCH3 is 1. The van der Waals surface area contributed by atoms with Crippen molar-refractivity contribution in [3.05, 3.63) is 100 Å². The van der Waals surface area contributed by atoms with Gasteiger partial charge in [0.25, 0.3) is 5.91 Å². The quantitative estimate of drug-likeness (QED) is 0.302. The van der Waals surface area contributed by atoms with Crippen molar-refractivity contribution in [1.82, 2.24) is 5.32 Å². The Morgan fingerprint density at radius 3 is 2.26 bits per heavy atom. The molecule has 0 bridgehead atoms. The summed E-state index contributed by atoms with van der Waals surface area (Å²) in [6, 6.07) is 20.3. The summed E-state index contributed by atoms with van der Waals surface area (Å²) in [4.78, 5) is 24.0. The maximum absolute atomic E-state index is 12.5. The van der Waals surface area contributed by atoms with Crippen molar-refractivity contribution in [2.75, 3.05) is 25.6 Å². The highest BCUT2D eigenvalue weighted by molar-refractivity contribution is 6.30. The minimum absolute atomic E-state index is 0. The van der Waals surface area contributed by atoms with Gasteiger partial charge in [0.2, 0.25) is 0 Å². The predicted molar refractivity (Wildman–Crippen MR) is 138 cm³/mol. The van der Waals surface area contributed by atoms with Crippen molar-refractivity contribution in [3.63, 3.8) is 0 Å². The Kier molecular flexibility index (Phi) is 11.2. The van der Waals surface area contributed by atoms with Crippen LogP contribution in [0.25, 0.3) is 0 Å². The molecule has 0 aromatic heterocycles. The van der Waals surface area contributed by atoms with Crippen LogP contribution in [0.5, 0.6) is 0 Å². The monoisotopic (exact) mass is 518 g/mol. The van der Waals surface area contributed by atoms with E-state index >= 15 is 0 Å². The van der Waals surface area contributed by atoms with Crippen molar-refractivity contribution in [2.45, 2.75) is 18.6 Å². The number of anilines is 1. The lowest BCUT2D eigenvalue weighted by Gasteiger charge is -2.19. The Morgan fingerprint density at radius 1 is 1.00 bits per heavy atom. The Morgan fingerprint density at radius 2 is 1.66 bits per heavy atom. The molecule has 4 N–H and O–H groups in total. The Balaban J connectivity index is 0.00000432. The van der Waals surface area contributed by atoms with Crippen LogP contribution >= 0.6 is 24.0 Å². The minimum Gasteiger partial charge on any atom is -0.465 e. The van der Waals surface area contributed by atoms with E-state index in [1.807, 2.05) is 12.1 Å². The molecule has 2 atom stereocenters. The van der Waals surface area contributed by atoms with E-state index in [2.05, 4.69) is 15.4 Å². The van der Waals surface area contributed by atoms with E-state index in [0.29, 0.717) is 33.8 Å². The summed E-state index contributed by atoms with van der Waals surface area (Å²) in [6.45, 7) is 0.177. The van der Waals surface area contributed by atoms with Crippen molar-refractivity contribution >= 4 is 41.6 Å². The molecular formula is C26H28Cl2N2O5. The summed E-state index contributed by atoms with van der Waals surface area (Å²) in [6.07, 6.45) is -0.200. The second-order valence-electron chi connectivity index (χ2n) is 7.78. The molecule has 3 aromatic rings. The van der Waals surface area contributed by atoms with Gasteiger partial charge in [-0.05, 0) is 66.1 Å². The molecular weight excluding hydrogens is 491 g/mol. The van der Waals surface area contributed by atoms with E-state index in [-0.39, 0.29) is 37.5 Å². The first kappa shape index (κ1) is 28.3. The fourth-order valence-corrected chi connectivity index (χ4v) is 3.60. The zero-order valence-electron chi connectivity index (χ0n) is 19.1. The molecule has 0 aliphatic rings. The minimum atomic E-state index is -0.743. The molecule has 0 unspecified atom stereocenters. The number of hydrogen-bond donors (Lipinski definition) is 4. The lowest BCUT2D eigenvalue weighted by atomic mass is 10.0. The van der Waals surface area contributed by atoms with Gasteiger partial charge in [-0.15, -0.1) is 12.4 Å². The Labute approximate surface area is 215 Å². The normalized spacial score (nSPS) is 12.2. The number of carbonyl (C=O) groups is 2. The molecule has 35 heavy (non-hydrogen) atoms. The molecule has 0 saturated heterocycles. The fourth-order valence-electron chi connectivity index (χ4n) is 3.40. The number of rotatable bonds is 10. The summed E-state index contributed by atoms with van der Waals surface area (Å²) in [5.74, 6) is -0.758. The molecule has 0 heterocycles. The van der Waals surface area contributed by atoms with Gasteiger partial charge in [-0.1, -0.05) is 35.9 Å². The zero-order valence-corrected chi connectivity index (χ0v) is 20.7. The summed E-state index contributed by atoms with van der Waals surface area (Å²) < 4.78 is 4.65. The van der Waals surface area contributed by atoms with Gasteiger partial charge in [0.15, 0.2) is 0 Å². The van der Waals surface area contributed by atoms with Crippen LogP contribution in [0.2, 0.25) is 5.02 Å². The topological polar surface area (TPSA) is 108 Å². The summed E-state index contributed by atoms with van der Waals surface area (Å²) >= 11 is 5.97. The van der Waals surface area contributed by atoms with Crippen molar-refractivity contribution in [1.29, 1.82) is 0 Å². The zero-order chi connectivity index (χ0) is 24.5. The van der Waals surface area contributed by atoms with Gasteiger partial charge < -0.3 is 25.6 Å². The van der Waals surface area contributed by atoms with Crippen LogP contribution in [0, 0.1) is 0 Å². The van der Waals surface area contributed by atoms with Crippen LogP contribution < -0.4 is 10.6 Å². The Hall–Kier alpha value is -2.94. The first-order valence-electron chi connectivity index (χ1n) is 10.8. The second-order valence-corrected chi connectivity index (χ2v) is 8.22. The third kappa shape index (κ3) is 8.35. The van der Waals surface area contributed by atoms with Gasteiger partial charge >= 0.3 is 5.97 Å². The van der Waals surface area contributed by atoms with Crippen LogP contribution in [0.15, 0.2) is 72.8 Å². The summed E-state index contributed by atoms with van der Waals surface area (Å²) in [5.41, 5.74) is 3.08. The number of benzene rings is 3. The highest BCUT2D eigenvalue weighted by atomic mass is 35.5. The predicted octanol–water partition coefficient (Wildman–Crippen LogP) is 4.03. The van der Waals surface area contributed by atoms with Crippen LogP contribution in [0.4, 0.5) is 5.69 Å². The number of nitrogens with one attached hydrogen (secondary N) is 2. The standard InChI is InChI=1S/C26H27ClN2O5.ClH/c1-34-26(33)19-9-7-18(8-10-19)25(32)29-22-11-5-17(6-12-22)13-23(16-30)28-15-24(31)20-3-2-4-21(27)14-20;/h2-12,14,23-24,28,30-31H,13,15-16H2,1H3,(H,29,32);1H/t23-,24-;/m0./s1. The average molecular weight is 519 g/mol. The molecule has 0 aliphatic carbocycles. The van der Waals surface area contributed by atoms with E-state index in [1.54, 1.807) is 48.5 Å². The second kappa shape index (κ2) is 13.8. The lowest BCUT2D eigenvalue weighted by molar-refractivity contribution is 0.0600. The molecule has 0 saturated carbocycles. The van der Waals surface area contributed by atoms with Crippen LogP contribution in [0.3, 0.4) is 0 Å². The first-order chi connectivity index (χ1) is 16.4. The highest BCUT2D eigenvalue weighted by Gasteiger charge is 2.14. The third-order valence-electron chi connectivity index (χ3n) is 5.32. The number of carbonyl (C=O) groups excluding carboxylic acids is 2. The maximum atomic E-state index is 12.5. The average Bonchev–Trinajstić information content (AvgIpc) is 2.86. The number of aliphatic hydroxyl groups is 2. The van der Waals surface area contributed by atoms with Crippen LogP contribution in [-0.4, -0.2) is 48.4 Å². The van der Waals surface area contributed by atoms with Gasteiger partial charge in [-0.2, -0.15) is 0 Å². The molecule has 186 valence electrons. The summed E-state index contributed by atoms with van der Waals surface area (Å²) in [5, 5.41) is 26.6. The van der Waals surface area contributed by atoms with Crippen molar-refractivity contribution in [3.8, 4) is 0 Å². The molecule has 0 spiro atoms. The van der Waals surface area contributed by atoms with Gasteiger partial charge in [0.1, 0.15) is 0 Å². The number of ether oxygens (including phenoxy) is 1. The molecule has 3 rings (SSSR count). The van der Waals surface area contributed by atoms with Crippen LogP contribution in [-0.2, 0) is 11.2 Å². The molecule has 0 fully saturated rings. The van der Waals surface area contributed by atoms with Gasteiger partial charge in [-0.25, -0.2) is 4.79 Å². The number of aliphatic hydroxyl groups excluding tert-OH is 2. The van der Waals surface area contributed by atoms with Crippen molar-refractivity contribution < 1.29 is 24.5 Å². The van der Waals surface area contributed by atoms with Gasteiger partial charge in [0, 0.05) is 28.9 Å². The van der Waals surface area contributed by atoms with E-state index in [9.17, 15) is 19.8 Å². The van der Waals surface area contributed by atoms with E-state index in [4.69, 9.17) is 11.6 Å². The highest BCUT2D eigenvalue weighted by Crippen LogP contribution is 2.18. The van der Waals surface area contributed by atoms with Gasteiger partial charge in [0.05, 0.1) is 25.4 Å². The smallest absolute Gasteiger partial charge is 0.337 e. The van der Waals surface area contributed by atoms with E-state index in [0.717, 1.165) is 5.56 Å². The Bertz CT molecular complexity index is 1110. The molecule has 0 aliphatic heterocycles. The van der Waals surface area contributed by atoms with E-state index < -0.39 is 12.1 Å². The number of halogens is 2. The number of amides is 1. The molecule has 0 radical (unpaired) electrons. The molecule has 3 aromatic carbocycles. The van der Waals surface area contributed by atoms with Gasteiger partial charge in [-0.3, -0.25) is 4.79 Å². The van der Waals surface area contributed by atoms with Crippen LogP contribution in [0.1, 0.15) is 37.9 Å². The fraction of sp³-hybridized carbons (Fsp3) is 0.231. The van der Waals surface area contributed by atoms with E-state index in [1.165, 1.54) is 19.2 Å². The number of hydrogen-bond acceptors (Lipinski definition) is 6. The van der Waals surface area contributed by atoms with Crippen molar-refractivity contribution in [2.24, 2.45) is 0 Å². The lowest BCUT2D eigenvalue weighted by Crippen LogP contribution is -2.37. The SMILES string of the molecule is COC(=O)c1ccc(C(=O)Nc2ccc(C[C@@H](CO)NC[C@H](O)c3cccc(Cl)c3)cc2)cc1.Cl. The first-order valence-corrected chi connectivity index (χ1v) is 11.1. The molecule has 1 amide bonds.